The second kappa shape index (κ2) is 6.12. The minimum atomic E-state index is -0.105. The Morgan fingerprint density at radius 1 is 1.13 bits per heavy atom. The molecule has 88 valence electrons. The molecule has 2 nitrogen and oxygen atoms in total. The number of hydrogen-bond acceptors (Lipinski definition) is 3. The predicted octanol–water partition coefficient (Wildman–Crippen LogP) is 2.02. The number of nitrogens with one attached hydrogen (secondary N) is 1. The van der Waals surface area contributed by atoms with Crippen LogP contribution < -0.4 is 5.32 Å². The maximum absolute atomic E-state index is 10.1. The Morgan fingerprint density at radius 3 is 2.47 bits per heavy atom. The lowest BCUT2D eigenvalue weighted by Crippen LogP contribution is -2.38. The van der Waals surface area contributed by atoms with Crippen molar-refractivity contribution in [2.24, 2.45) is 5.92 Å². The van der Waals surface area contributed by atoms with Crippen molar-refractivity contribution in [2.45, 2.75) is 50.7 Å². The van der Waals surface area contributed by atoms with E-state index in [2.05, 4.69) is 5.32 Å². The number of rotatable bonds is 4. The zero-order valence-corrected chi connectivity index (χ0v) is 10.3. The molecular formula is C12H23NOS. The Labute approximate surface area is 97.2 Å². The Morgan fingerprint density at radius 2 is 1.80 bits per heavy atom. The summed E-state index contributed by atoms with van der Waals surface area (Å²) in [6, 6.07) is 0.692. The SMILES string of the molecule is OC(CNC1CCCC1)C1CCSCC1. The predicted molar refractivity (Wildman–Crippen MR) is 66.3 cm³/mol. The Hall–Kier alpha value is 0.270. The number of aliphatic hydroxyl groups is 1. The summed E-state index contributed by atoms with van der Waals surface area (Å²) >= 11 is 2.03. The third-order valence-electron chi connectivity index (χ3n) is 3.78. The molecule has 2 aliphatic rings. The standard InChI is InChI=1S/C12H23NOS/c14-12(10-5-7-15-8-6-10)9-13-11-3-1-2-4-11/h10-14H,1-9H2. The van der Waals surface area contributed by atoms with Crippen molar-refractivity contribution in [1.82, 2.24) is 5.32 Å². The van der Waals surface area contributed by atoms with Gasteiger partial charge in [0.1, 0.15) is 0 Å². The summed E-state index contributed by atoms with van der Waals surface area (Å²) in [5.41, 5.74) is 0. The van der Waals surface area contributed by atoms with Crippen LogP contribution in [0.25, 0.3) is 0 Å². The minimum Gasteiger partial charge on any atom is -0.392 e. The van der Waals surface area contributed by atoms with E-state index in [1.165, 1.54) is 50.0 Å². The first kappa shape index (κ1) is 11.7. The lowest BCUT2D eigenvalue weighted by Gasteiger charge is -2.27. The van der Waals surface area contributed by atoms with Crippen molar-refractivity contribution in [3.63, 3.8) is 0 Å². The van der Waals surface area contributed by atoms with E-state index in [1.54, 1.807) is 0 Å². The molecule has 1 aliphatic heterocycles. The maximum atomic E-state index is 10.1. The van der Waals surface area contributed by atoms with Crippen LogP contribution in [-0.4, -0.2) is 35.3 Å². The maximum Gasteiger partial charge on any atom is 0.0693 e. The third kappa shape index (κ3) is 3.65. The van der Waals surface area contributed by atoms with Crippen LogP contribution in [0.5, 0.6) is 0 Å². The lowest BCUT2D eigenvalue weighted by molar-refractivity contribution is 0.0982. The molecule has 0 spiro atoms. The molecule has 0 bridgehead atoms. The molecule has 15 heavy (non-hydrogen) atoms. The van der Waals surface area contributed by atoms with Crippen LogP contribution in [0.1, 0.15) is 38.5 Å². The first-order chi connectivity index (χ1) is 7.36. The van der Waals surface area contributed by atoms with Crippen LogP contribution in [0.15, 0.2) is 0 Å². The van der Waals surface area contributed by atoms with E-state index in [0.717, 1.165) is 6.54 Å². The molecule has 0 amide bonds. The van der Waals surface area contributed by atoms with E-state index in [-0.39, 0.29) is 6.10 Å². The monoisotopic (exact) mass is 229 g/mol. The summed E-state index contributed by atoms with van der Waals surface area (Å²) in [5.74, 6) is 3.04. The number of thioether (sulfide) groups is 1. The van der Waals surface area contributed by atoms with Crippen molar-refractivity contribution in [3.05, 3.63) is 0 Å². The van der Waals surface area contributed by atoms with E-state index in [4.69, 9.17) is 0 Å². The van der Waals surface area contributed by atoms with Gasteiger partial charge in [0.2, 0.25) is 0 Å². The quantitative estimate of drug-likeness (QED) is 0.773. The molecule has 1 aliphatic carbocycles. The first-order valence-corrected chi connectivity index (χ1v) is 7.51. The fraction of sp³-hybridized carbons (Fsp3) is 1.00. The van der Waals surface area contributed by atoms with Crippen molar-refractivity contribution in [3.8, 4) is 0 Å². The Balaban J connectivity index is 1.64. The van der Waals surface area contributed by atoms with E-state index < -0.39 is 0 Å². The molecule has 0 aromatic heterocycles. The van der Waals surface area contributed by atoms with Gasteiger partial charge in [0, 0.05) is 12.6 Å². The zero-order valence-electron chi connectivity index (χ0n) is 9.45. The van der Waals surface area contributed by atoms with Gasteiger partial charge in [-0.05, 0) is 43.1 Å². The molecule has 1 atom stereocenters. The molecule has 2 N–H and O–H groups in total. The molecule has 1 unspecified atom stereocenters. The summed E-state index contributed by atoms with van der Waals surface area (Å²) in [7, 11) is 0. The van der Waals surface area contributed by atoms with Crippen molar-refractivity contribution >= 4 is 11.8 Å². The van der Waals surface area contributed by atoms with Gasteiger partial charge in [-0.15, -0.1) is 0 Å². The van der Waals surface area contributed by atoms with E-state index in [0.29, 0.717) is 12.0 Å². The van der Waals surface area contributed by atoms with Crippen molar-refractivity contribution in [1.29, 1.82) is 0 Å². The van der Waals surface area contributed by atoms with Crippen LogP contribution >= 0.6 is 11.8 Å². The summed E-state index contributed by atoms with van der Waals surface area (Å²) in [5, 5.41) is 13.6. The van der Waals surface area contributed by atoms with Crippen molar-refractivity contribution in [2.75, 3.05) is 18.1 Å². The van der Waals surface area contributed by atoms with Gasteiger partial charge in [-0.1, -0.05) is 12.8 Å². The van der Waals surface area contributed by atoms with Gasteiger partial charge < -0.3 is 10.4 Å². The second-order valence-corrected chi connectivity index (χ2v) is 6.13. The highest BCUT2D eigenvalue weighted by atomic mass is 32.2. The van der Waals surface area contributed by atoms with Gasteiger partial charge in [0.05, 0.1) is 6.10 Å². The summed E-state index contributed by atoms with van der Waals surface area (Å²) in [4.78, 5) is 0. The van der Waals surface area contributed by atoms with E-state index in [9.17, 15) is 5.11 Å². The lowest BCUT2D eigenvalue weighted by atomic mass is 9.96. The van der Waals surface area contributed by atoms with Gasteiger partial charge in [0.15, 0.2) is 0 Å². The normalized spacial score (nSPS) is 27.0. The van der Waals surface area contributed by atoms with Crippen LogP contribution in [0.2, 0.25) is 0 Å². The topological polar surface area (TPSA) is 32.3 Å². The van der Waals surface area contributed by atoms with E-state index in [1.807, 2.05) is 11.8 Å². The summed E-state index contributed by atoms with van der Waals surface area (Å²) in [6.45, 7) is 0.819. The molecule has 0 aromatic carbocycles. The average Bonchev–Trinajstić information content (AvgIpc) is 2.80. The smallest absolute Gasteiger partial charge is 0.0693 e. The highest BCUT2D eigenvalue weighted by molar-refractivity contribution is 7.99. The average molecular weight is 229 g/mol. The fourth-order valence-electron chi connectivity index (χ4n) is 2.68. The second-order valence-electron chi connectivity index (χ2n) is 4.91. The third-order valence-corrected chi connectivity index (χ3v) is 4.83. The first-order valence-electron chi connectivity index (χ1n) is 6.35. The molecule has 1 heterocycles. The highest BCUT2D eigenvalue weighted by Crippen LogP contribution is 2.25. The Kier molecular flexibility index (Phi) is 4.79. The summed E-state index contributed by atoms with van der Waals surface area (Å²) in [6.07, 6.45) is 7.67. The van der Waals surface area contributed by atoms with Crippen LogP contribution in [0, 0.1) is 5.92 Å². The van der Waals surface area contributed by atoms with Gasteiger partial charge in [-0.2, -0.15) is 11.8 Å². The van der Waals surface area contributed by atoms with Gasteiger partial charge in [-0.3, -0.25) is 0 Å². The number of aliphatic hydroxyl groups excluding tert-OH is 1. The molecule has 0 radical (unpaired) electrons. The molecule has 3 heteroatoms. The molecule has 0 aromatic rings. The van der Waals surface area contributed by atoms with Crippen LogP contribution in [0.3, 0.4) is 0 Å². The minimum absolute atomic E-state index is 0.105. The Bertz CT molecular complexity index is 176. The van der Waals surface area contributed by atoms with Gasteiger partial charge in [-0.25, -0.2) is 0 Å². The van der Waals surface area contributed by atoms with Crippen LogP contribution in [-0.2, 0) is 0 Å². The number of hydrogen-bond donors (Lipinski definition) is 2. The molecule has 1 saturated heterocycles. The fourth-order valence-corrected chi connectivity index (χ4v) is 3.83. The molecule has 2 rings (SSSR count). The van der Waals surface area contributed by atoms with Crippen LogP contribution in [0.4, 0.5) is 0 Å². The largest absolute Gasteiger partial charge is 0.392 e. The summed E-state index contributed by atoms with van der Waals surface area (Å²) < 4.78 is 0. The molecule has 2 fully saturated rings. The molecule has 1 saturated carbocycles. The van der Waals surface area contributed by atoms with Gasteiger partial charge >= 0.3 is 0 Å². The van der Waals surface area contributed by atoms with E-state index >= 15 is 0 Å². The highest BCUT2D eigenvalue weighted by Gasteiger charge is 2.23. The zero-order chi connectivity index (χ0) is 10.5. The van der Waals surface area contributed by atoms with Crippen molar-refractivity contribution < 1.29 is 5.11 Å². The van der Waals surface area contributed by atoms with Gasteiger partial charge in [0.25, 0.3) is 0 Å². The molecular weight excluding hydrogens is 206 g/mol.